The lowest BCUT2D eigenvalue weighted by atomic mass is 10.4. The summed E-state index contributed by atoms with van der Waals surface area (Å²) in [6, 6.07) is 7.38. The molecule has 0 amide bonds. The Balaban J connectivity index is 2.12. The fourth-order valence-electron chi connectivity index (χ4n) is 2.09. The summed E-state index contributed by atoms with van der Waals surface area (Å²) in [6.07, 6.45) is 1.77. The van der Waals surface area contributed by atoms with Crippen molar-refractivity contribution < 1.29 is 4.42 Å². The second-order valence-electron chi connectivity index (χ2n) is 4.84. The molecule has 20 heavy (non-hydrogen) atoms. The molecule has 3 heterocycles. The van der Waals surface area contributed by atoms with E-state index in [0.717, 1.165) is 30.1 Å². The highest BCUT2D eigenvalue weighted by Crippen LogP contribution is 2.27. The Morgan fingerprint density at radius 2 is 2.15 bits per heavy atom. The summed E-state index contributed by atoms with van der Waals surface area (Å²) in [6.45, 7) is 1.68. The number of halogens is 1. The normalized spacial score (nSPS) is 11.6. The van der Waals surface area contributed by atoms with Crippen molar-refractivity contribution in [2.75, 3.05) is 20.6 Å². The molecule has 0 N–H and O–H groups in total. The number of furan rings is 1. The zero-order valence-electron chi connectivity index (χ0n) is 11.4. The number of nitrogens with zero attached hydrogens (tertiary/aromatic N) is 4. The Hall–Kier alpha value is -1.85. The standard InChI is InChI=1S/C14H15ClN4O/c1-18(2)8-9-19-13-10(4-3-7-16-13)17-14(19)11-5-6-12(15)20-11/h3-7H,8-9H2,1-2H3. The molecule has 3 rings (SSSR count). The van der Waals surface area contributed by atoms with Crippen molar-refractivity contribution in [3.63, 3.8) is 0 Å². The number of fused-ring (bicyclic) bond motifs is 1. The van der Waals surface area contributed by atoms with Gasteiger partial charge < -0.3 is 13.9 Å². The van der Waals surface area contributed by atoms with Crippen molar-refractivity contribution in [1.29, 1.82) is 0 Å². The van der Waals surface area contributed by atoms with Gasteiger partial charge in [-0.1, -0.05) is 0 Å². The molecule has 0 bridgehead atoms. The summed E-state index contributed by atoms with van der Waals surface area (Å²) in [5.74, 6) is 1.42. The number of pyridine rings is 1. The van der Waals surface area contributed by atoms with Crippen molar-refractivity contribution in [2.24, 2.45) is 0 Å². The Morgan fingerprint density at radius 1 is 1.30 bits per heavy atom. The second kappa shape index (κ2) is 5.26. The topological polar surface area (TPSA) is 47.1 Å². The maximum atomic E-state index is 5.86. The van der Waals surface area contributed by atoms with Crippen LogP contribution in [0.15, 0.2) is 34.9 Å². The second-order valence-corrected chi connectivity index (χ2v) is 5.21. The lowest BCUT2D eigenvalue weighted by molar-refractivity contribution is 0.386. The molecule has 3 aromatic rings. The van der Waals surface area contributed by atoms with Crippen LogP contribution >= 0.6 is 11.6 Å². The van der Waals surface area contributed by atoms with E-state index >= 15 is 0 Å². The van der Waals surface area contributed by atoms with Gasteiger partial charge in [0.15, 0.2) is 22.5 Å². The van der Waals surface area contributed by atoms with Gasteiger partial charge in [-0.3, -0.25) is 0 Å². The summed E-state index contributed by atoms with van der Waals surface area (Å²) < 4.78 is 7.55. The van der Waals surface area contributed by atoms with Gasteiger partial charge in [-0.25, -0.2) is 9.97 Å². The van der Waals surface area contributed by atoms with Gasteiger partial charge in [0.2, 0.25) is 0 Å². The van der Waals surface area contributed by atoms with E-state index in [1.54, 1.807) is 12.3 Å². The van der Waals surface area contributed by atoms with Gasteiger partial charge in [0.1, 0.15) is 5.52 Å². The highest BCUT2D eigenvalue weighted by Gasteiger charge is 2.16. The van der Waals surface area contributed by atoms with Gasteiger partial charge >= 0.3 is 0 Å². The van der Waals surface area contributed by atoms with Crippen molar-refractivity contribution in [3.05, 3.63) is 35.7 Å². The van der Waals surface area contributed by atoms with Crippen LogP contribution in [-0.2, 0) is 6.54 Å². The van der Waals surface area contributed by atoms with Crippen molar-refractivity contribution in [3.8, 4) is 11.6 Å². The van der Waals surface area contributed by atoms with Gasteiger partial charge in [0, 0.05) is 19.3 Å². The first-order valence-electron chi connectivity index (χ1n) is 6.37. The highest BCUT2D eigenvalue weighted by molar-refractivity contribution is 6.28. The monoisotopic (exact) mass is 290 g/mol. The van der Waals surface area contributed by atoms with Crippen molar-refractivity contribution in [2.45, 2.75) is 6.54 Å². The van der Waals surface area contributed by atoms with Crippen LogP contribution in [-0.4, -0.2) is 40.1 Å². The van der Waals surface area contributed by atoms with E-state index in [4.69, 9.17) is 16.0 Å². The third-order valence-electron chi connectivity index (χ3n) is 3.07. The first kappa shape index (κ1) is 13.1. The Morgan fingerprint density at radius 3 is 2.85 bits per heavy atom. The zero-order chi connectivity index (χ0) is 14.1. The van der Waals surface area contributed by atoms with Crippen LogP contribution in [0.3, 0.4) is 0 Å². The highest BCUT2D eigenvalue weighted by atomic mass is 35.5. The minimum atomic E-state index is 0.360. The third kappa shape index (κ3) is 2.42. The molecule has 6 heteroatoms. The zero-order valence-corrected chi connectivity index (χ0v) is 12.1. The molecule has 0 radical (unpaired) electrons. The minimum Gasteiger partial charge on any atom is -0.441 e. The minimum absolute atomic E-state index is 0.360. The summed E-state index contributed by atoms with van der Waals surface area (Å²) in [7, 11) is 4.08. The molecular weight excluding hydrogens is 276 g/mol. The Kier molecular flexibility index (Phi) is 3.46. The number of hydrogen-bond donors (Lipinski definition) is 0. The molecule has 0 saturated carbocycles. The maximum Gasteiger partial charge on any atom is 0.194 e. The molecule has 0 fully saturated rings. The van der Waals surface area contributed by atoms with Crippen LogP contribution in [0, 0.1) is 0 Å². The number of imidazole rings is 1. The van der Waals surface area contributed by atoms with Crippen molar-refractivity contribution >= 4 is 22.8 Å². The van der Waals surface area contributed by atoms with Crippen LogP contribution in [0.1, 0.15) is 0 Å². The summed E-state index contributed by atoms with van der Waals surface area (Å²) in [5.41, 5.74) is 1.71. The first-order valence-corrected chi connectivity index (χ1v) is 6.74. The van der Waals surface area contributed by atoms with Gasteiger partial charge in [-0.15, -0.1) is 0 Å². The number of hydrogen-bond acceptors (Lipinski definition) is 4. The summed E-state index contributed by atoms with van der Waals surface area (Å²) in [4.78, 5) is 11.1. The maximum absolute atomic E-state index is 5.86. The number of aromatic nitrogens is 3. The largest absolute Gasteiger partial charge is 0.441 e. The van der Waals surface area contributed by atoms with Crippen LogP contribution in [0.4, 0.5) is 0 Å². The lowest BCUT2D eigenvalue weighted by Crippen LogP contribution is -2.19. The quantitative estimate of drug-likeness (QED) is 0.741. The molecule has 0 spiro atoms. The molecule has 5 nitrogen and oxygen atoms in total. The predicted molar refractivity (Wildman–Crippen MR) is 78.8 cm³/mol. The van der Waals surface area contributed by atoms with E-state index in [0.29, 0.717) is 11.0 Å². The molecule has 0 unspecified atom stereocenters. The first-order chi connectivity index (χ1) is 9.65. The van der Waals surface area contributed by atoms with Crippen LogP contribution < -0.4 is 0 Å². The van der Waals surface area contributed by atoms with E-state index in [1.165, 1.54) is 0 Å². The molecule has 0 atom stereocenters. The molecule has 0 aliphatic heterocycles. The van der Waals surface area contributed by atoms with Crippen molar-refractivity contribution in [1.82, 2.24) is 19.4 Å². The van der Waals surface area contributed by atoms with E-state index < -0.39 is 0 Å². The molecule has 0 aromatic carbocycles. The van der Waals surface area contributed by atoms with Gasteiger partial charge in [-0.05, 0) is 50.0 Å². The molecular formula is C14H15ClN4O. The Labute approximate surface area is 121 Å². The third-order valence-corrected chi connectivity index (χ3v) is 3.27. The fourth-order valence-corrected chi connectivity index (χ4v) is 2.24. The SMILES string of the molecule is CN(C)CCn1c(-c2ccc(Cl)o2)nc2cccnc21. The molecule has 3 aromatic heterocycles. The summed E-state index contributed by atoms with van der Waals surface area (Å²) in [5, 5.41) is 0.360. The Bertz CT molecular complexity index is 732. The van der Waals surface area contributed by atoms with Gasteiger partial charge in [-0.2, -0.15) is 0 Å². The van der Waals surface area contributed by atoms with Gasteiger partial charge in [0.25, 0.3) is 0 Å². The van der Waals surface area contributed by atoms with E-state index in [2.05, 4.69) is 19.4 Å². The van der Waals surface area contributed by atoms with Crippen LogP contribution in [0.2, 0.25) is 5.22 Å². The smallest absolute Gasteiger partial charge is 0.194 e. The average Bonchev–Trinajstić information content (AvgIpc) is 2.99. The molecule has 104 valence electrons. The van der Waals surface area contributed by atoms with E-state index in [9.17, 15) is 0 Å². The van der Waals surface area contributed by atoms with Crippen LogP contribution in [0.5, 0.6) is 0 Å². The van der Waals surface area contributed by atoms with Crippen LogP contribution in [0.25, 0.3) is 22.7 Å². The van der Waals surface area contributed by atoms with E-state index in [1.807, 2.05) is 32.3 Å². The molecule has 0 aliphatic rings. The summed E-state index contributed by atoms with van der Waals surface area (Å²) >= 11 is 5.86. The number of rotatable bonds is 4. The average molecular weight is 291 g/mol. The fraction of sp³-hybridized carbons (Fsp3) is 0.286. The predicted octanol–water partition coefficient (Wildman–Crippen LogP) is 2.91. The number of likely N-dealkylation sites (N-methyl/N-ethyl adjacent to an activating group) is 1. The lowest BCUT2D eigenvalue weighted by Gasteiger charge is -2.12. The van der Waals surface area contributed by atoms with Gasteiger partial charge in [0.05, 0.1) is 0 Å². The molecule has 0 saturated heterocycles. The molecule has 0 aliphatic carbocycles. The van der Waals surface area contributed by atoms with E-state index in [-0.39, 0.29) is 0 Å².